The smallest absolute Gasteiger partial charge is 0.451 e. The average molecular weight is 609 g/mol. The van der Waals surface area contributed by atoms with Crippen molar-refractivity contribution >= 4 is 23.4 Å². The zero-order chi connectivity index (χ0) is 29.8. The normalized spacial score (nSPS) is 18.4. The predicted molar refractivity (Wildman–Crippen MR) is 148 cm³/mol. The number of thiazole rings is 1. The molecule has 0 saturated carbocycles. The van der Waals surface area contributed by atoms with Crippen LogP contribution in [0.15, 0.2) is 59.0 Å². The molecule has 14 heteroatoms. The van der Waals surface area contributed by atoms with E-state index < -0.39 is 48.1 Å². The summed E-state index contributed by atoms with van der Waals surface area (Å²) in [6.07, 6.45) is -0.317. The van der Waals surface area contributed by atoms with E-state index in [0.717, 1.165) is 13.2 Å². The molecule has 1 aliphatic carbocycles. The number of nitrogens with zero attached hydrogens (tertiary/aromatic N) is 4. The van der Waals surface area contributed by atoms with Crippen LogP contribution in [0.5, 0.6) is 5.75 Å². The van der Waals surface area contributed by atoms with Crippen molar-refractivity contribution in [2.45, 2.75) is 12.2 Å². The average Bonchev–Trinajstić information content (AvgIpc) is 3.47. The maximum atomic E-state index is 15.8. The SMILES string of the molecule is COC(=O)OCOc1c2n(ccc1=O)N(C1c3ccccc3-c3ncsc3-c3c1ccc(F)c3F)[C@@H]1COCCN1C2=O. The standard InChI is InChI=1S/C29H22F2N4O7S/c1-39-29(38)42-14-41-26-19(36)8-9-34-25(26)28(37)33-10-11-40-12-20(33)35(34)24-16-5-3-2-4-15(16)23-27(43-13-32-23)21-17(24)6-7-18(30)22(21)31/h2-9,13,20,24H,10-12,14H2,1H3/t20-,24?/m1/s1. The summed E-state index contributed by atoms with van der Waals surface area (Å²) in [4.78, 5) is 45.1. The second-order valence-electron chi connectivity index (χ2n) is 9.84. The van der Waals surface area contributed by atoms with Crippen LogP contribution in [0.4, 0.5) is 13.6 Å². The van der Waals surface area contributed by atoms with Crippen LogP contribution in [-0.2, 0) is 14.2 Å². The molecule has 7 rings (SSSR count). The lowest BCUT2D eigenvalue weighted by atomic mass is 9.92. The van der Waals surface area contributed by atoms with Crippen molar-refractivity contribution in [1.29, 1.82) is 0 Å². The van der Waals surface area contributed by atoms with Crippen molar-refractivity contribution in [3.05, 3.63) is 92.9 Å². The highest BCUT2D eigenvalue weighted by Crippen LogP contribution is 2.50. The van der Waals surface area contributed by atoms with E-state index in [-0.39, 0.29) is 36.8 Å². The van der Waals surface area contributed by atoms with Gasteiger partial charge < -0.3 is 23.8 Å². The van der Waals surface area contributed by atoms with Crippen LogP contribution in [0.1, 0.15) is 27.7 Å². The van der Waals surface area contributed by atoms with Crippen molar-refractivity contribution in [3.63, 3.8) is 0 Å². The number of carbonyl (C=O) groups excluding carboxylic acids is 2. The van der Waals surface area contributed by atoms with Gasteiger partial charge in [-0.1, -0.05) is 30.3 Å². The minimum Gasteiger partial charge on any atom is -0.451 e. The molecule has 1 unspecified atom stereocenters. The number of rotatable bonds is 4. The Balaban J connectivity index is 1.49. The zero-order valence-electron chi connectivity index (χ0n) is 22.5. The fraction of sp³-hybridized carbons (Fsp3) is 0.241. The summed E-state index contributed by atoms with van der Waals surface area (Å²) >= 11 is 1.20. The van der Waals surface area contributed by atoms with Gasteiger partial charge in [-0.3, -0.25) is 19.3 Å². The molecule has 1 saturated heterocycles. The van der Waals surface area contributed by atoms with Gasteiger partial charge in [0.2, 0.25) is 18.0 Å². The highest BCUT2D eigenvalue weighted by molar-refractivity contribution is 7.13. The van der Waals surface area contributed by atoms with Gasteiger partial charge in [-0.2, -0.15) is 0 Å². The highest BCUT2D eigenvalue weighted by atomic mass is 32.1. The largest absolute Gasteiger partial charge is 0.510 e. The van der Waals surface area contributed by atoms with E-state index in [4.69, 9.17) is 14.2 Å². The molecule has 4 heterocycles. The lowest BCUT2D eigenvalue weighted by Crippen LogP contribution is -2.66. The third-order valence-electron chi connectivity index (χ3n) is 7.69. The maximum absolute atomic E-state index is 15.8. The van der Waals surface area contributed by atoms with Gasteiger partial charge in [0.25, 0.3) is 5.91 Å². The van der Waals surface area contributed by atoms with Crippen LogP contribution in [0.3, 0.4) is 0 Å². The van der Waals surface area contributed by atoms with E-state index in [1.54, 1.807) is 15.4 Å². The number of benzene rings is 2. The second-order valence-corrected chi connectivity index (χ2v) is 10.7. The Morgan fingerprint density at radius 1 is 1.14 bits per heavy atom. The number of carbonyl (C=O) groups is 2. The van der Waals surface area contributed by atoms with Gasteiger partial charge >= 0.3 is 6.16 Å². The molecule has 2 aromatic carbocycles. The third kappa shape index (κ3) is 4.16. The van der Waals surface area contributed by atoms with E-state index in [2.05, 4.69) is 9.72 Å². The molecule has 43 heavy (non-hydrogen) atoms. The molecule has 0 N–H and O–H groups in total. The molecule has 1 amide bonds. The summed E-state index contributed by atoms with van der Waals surface area (Å²) in [5.41, 5.74) is 3.23. The molecule has 3 aliphatic rings. The number of methoxy groups -OCH3 is 1. The van der Waals surface area contributed by atoms with E-state index in [1.165, 1.54) is 34.3 Å². The van der Waals surface area contributed by atoms with Crippen LogP contribution >= 0.6 is 11.3 Å². The lowest BCUT2D eigenvalue weighted by Gasteiger charge is -2.51. The Morgan fingerprint density at radius 3 is 2.81 bits per heavy atom. The van der Waals surface area contributed by atoms with Gasteiger partial charge in [0.1, 0.15) is 6.17 Å². The molecular weight excluding hydrogens is 586 g/mol. The minimum atomic E-state index is -1.03. The first-order valence-electron chi connectivity index (χ1n) is 13.2. The molecule has 2 aromatic heterocycles. The van der Waals surface area contributed by atoms with Crippen LogP contribution in [0.2, 0.25) is 0 Å². The molecule has 1 fully saturated rings. The fourth-order valence-corrected chi connectivity index (χ4v) is 6.76. The molecule has 220 valence electrons. The van der Waals surface area contributed by atoms with Gasteiger partial charge in [-0.05, 0) is 17.2 Å². The summed E-state index contributed by atoms with van der Waals surface area (Å²) < 4.78 is 52.7. The van der Waals surface area contributed by atoms with Crippen molar-refractivity contribution in [1.82, 2.24) is 14.6 Å². The van der Waals surface area contributed by atoms with Crippen LogP contribution < -0.4 is 15.2 Å². The minimum absolute atomic E-state index is 0.0597. The number of fused-ring (bicyclic) bond motifs is 7. The molecule has 2 atom stereocenters. The molecule has 0 spiro atoms. The Hall–Kier alpha value is -4.82. The number of aromatic nitrogens is 2. The number of ether oxygens (including phenoxy) is 4. The topological polar surface area (TPSA) is 112 Å². The summed E-state index contributed by atoms with van der Waals surface area (Å²) in [6.45, 7) is -0.163. The number of hydrogen-bond acceptors (Lipinski definition) is 10. The monoisotopic (exact) mass is 608 g/mol. The van der Waals surface area contributed by atoms with Gasteiger partial charge in [-0.25, -0.2) is 18.6 Å². The van der Waals surface area contributed by atoms with E-state index in [9.17, 15) is 18.8 Å². The van der Waals surface area contributed by atoms with Crippen LogP contribution in [0.25, 0.3) is 21.7 Å². The zero-order valence-corrected chi connectivity index (χ0v) is 23.3. The predicted octanol–water partition coefficient (Wildman–Crippen LogP) is 3.89. The quantitative estimate of drug-likeness (QED) is 0.252. The van der Waals surface area contributed by atoms with E-state index in [1.807, 2.05) is 24.3 Å². The number of hydrogen-bond donors (Lipinski definition) is 0. The molecule has 11 nitrogen and oxygen atoms in total. The Bertz CT molecular complexity index is 1840. The highest BCUT2D eigenvalue weighted by Gasteiger charge is 2.47. The Kier molecular flexibility index (Phi) is 6.58. The number of amides is 1. The summed E-state index contributed by atoms with van der Waals surface area (Å²) in [5, 5.41) is 1.80. The van der Waals surface area contributed by atoms with Crippen LogP contribution in [-0.4, -0.2) is 66.4 Å². The van der Waals surface area contributed by atoms with Crippen molar-refractivity contribution in [3.8, 4) is 27.4 Å². The first-order valence-corrected chi connectivity index (χ1v) is 14.1. The van der Waals surface area contributed by atoms with Gasteiger partial charge in [-0.15, -0.1) is 11.3 Å². The van der Waals surface area contributed by atoms with Gasteiger partial charge in [0.15, 0.2) is 17.3 Å². The van der Waals surface area contributed by atoms with Crippen LogP contribution in [0, 0.1) is 11.6 Å². The molecule has 0 radical (unpaired) electrons. The summed E-state index contributed by atoms with van der Waals surface area (Å²) in [7, 11) is 1.12. The van der Waals surface area contributed by atoms with E-state index in [0.29, 0.717) is 27.3 Å². The summed E-state index contributed by atoms with van der Waals surface area (Å²) in [6, 6.07) is 10.4. The third-order valence-corrected chi connectivity index (χ3v) is 8.54. The molecule has 0 bridgehead atoms. The number of pyridine rings is 1. The Morgan fingerprint density at radius 2 is 1.98 bits per heavy atom. The maximum Gasteiger partial charge on any atom is 0.510 e. The fourth-order valence-electron chi connectivity index (χ4n) is 5.90. The van der Waals surface area contributed by atoms with Crippen molar-refractivity contribution in [2.24, 2.45) is 0 Å². The second kappa shape index (κ2) is 10.5. The number of halogens is 2. The molecule has 4 aromatic rings. The first kappa shape index (κ1) is 27.0. The van der Waals surface area contributed by atoms with Gasteiger partial charge in [0, 0.05) is 29.9 Å². The number of morpholine rings is 1. The molecule has 2 aliphatic heterocycles. The lowest BCUT2D eigenvalue weighted by molar-refractivity contribution is -0.0208. The van der Waals surface area contributed by atoms with E-state index >= 15 is 4.39 Å². The Labute approximate surface area is 246 Å². The molecular formula is C29H22F2N4O7S. The van der Waals surface area contributed by atoms with Crippen molar-refractivity contribution in [2.75, 3.05) is 38.7 Å². The van der Waals surface area contributed by atoms with Crippen molar-refractivity contribution < 1.29 is 37.3 Å². The summed E-state index contributed by atoms with van der Waals surface area (Å²) in [5.74, 6) is -2.89. The first-order chi connectivity index (χ1) is 20.9. The van der Waals surface area contributed by atoms with Gasteiger partial charge in [0.05, 0.1) is 42.4 Å².